The van der Waals surface area contributed by atoms with E-state index in [0.29, 0.717) is 0 Å². The number of aromatic nitrogens is 2. The second-order valence-corrected chi connectivity index (χ2v) is 5.61. The zero-order valence-electron chi connectivity index (χ0n) is 12.0. The van der Waals surface area contributed by atoms with E-state index in [1.54, 1.807) is 6.33 Å². The lowest BCUT2D eigenvalue weighted by molar-refractivity contribution is 0.905. The summed E-state index contributed by atoms with van der Waals surface area (Å²) in [6.07, 6.45) is 3.57. The highest BCUT2D eigenvalue weighted by molar-refractivity contribution is 9.10. The van der Waals surface area contributed by atoms with Crippen LogP contribution in [0.1, 0.15) is 24.5 Å². The Labute approximate surface area is 128 Å². The Morgan fingerprint density at radius 1 is 1.15 bits per heavy atom. The van der Waals surface area contributed by atoms with E-state index in [1.165, 1.54) is 5.56 Å². The van der Waals surface area contributed by atoms with Crippen LogP contribution in [-0.4, -0.2) is 17.0 Å². The number of nitrogens with zero attached hydrogens (tertiary/aromatic N) is 2. The fraction of sp³-hybridized carbons (Fsp3) is 0.333. The molecule has 0 unspecified atom stereocenters. The molecule has 0 aliphatic carbocycles. The van der Waals surface area contributed by atoms with Crippen LogP contribution in [0.25, 0.3) is 0 Å². The van der Waals surface area contributed by atoms with Crippen LogP contribution in [-0.2, 0) is 6.42 Å². The zero-order chi connectivity index (χ0) is 14.5. The molecule has 0 radical (unpaired) electrons. The molecule has 4 nitrogen and oxygen atoms in total. The smallest absolute Gasteiger partial charge is 0.139 e. The molecule has 0 atom stereocenters. The van der Waals surface area contributed by atoms with Crippen molar-refractivity contribution in [3.05, 3.63) is 40.1 Å². The van der Waals surface area contributed by atoms with Crippen LogP contribution in [0.5, 0.6) is 0 Å². The van der Waals surface area contributed by atoms with E-state index in [-0.39, 0.29) is 0 Å². The molecule has 0 aliphatic rings. The lowest BCUT2D eigenvalue weighted by Gasteiger charge is -2.14. The van der Waals surface area contributed by atoms with Crippen LogP contribution in [0.2, 0.25) is 0 Å². The van der Waals surface area contributed by atoms with Gasteiger partial charge in [-0.2, -0.15) is 0 Å². The molecule has 5 heteroatoms. The van der Waals surface area contributed by atoms with Crippen LogP contribution < -0.4 is 10.6 Å². The molecule has 20 heavy (non-hydrogen) atoms. The molecular formula is C15H19BrN4. The van der Waals surface area contributed by atoms with Gasteiger partial charge in [0.15, 0.2) is 0 Å². The van der Waals surface area contributed by atoms with Crippen LogP contribution in [0, 0.1) is 6.92 Å². The van der Waals surface area contributed by atoms with Gasteiger partial charge in [-0.3, -0.25) is 0 Å². The van der Waals surface area contributed by atoms with Crippen molar-refractivity contribution in [2.24, 2.45) is 0 Å². The maximum absolute atomic E-state index is 4.38. The number of halogens is 1. The van der Waals surface area contributed by atoms with Crippen molar-refractivity contribution in [3.63, 3.8) is 0 Å². The molecular weight excluding hydrogens is 316 g/mol. The topological polar surface area (TPSA) is 49.8 Å². The summed E-state index contributed by atoms with van der Waals surface area (Å²) in [5.74, 6) is 1.75. The molecule has 1 heterocycles. The van der Waals surface area contributed by atoms with Crippen molar-refractivity contribution in [1.82, 2.24) is 9.97 Å². The van der Waals surface area contributed by atoms with Crippen molar-refractivity contribution in [1.29, 1.82) is 0 Å². The van der Waals surface area contributed by atoms with Gasteiger partial charge in [0.05, 0.1) is 0 Å². The minimum atomic E-state index is 0.865. The fourth-order valence-corrected chi connectivity index (χ4v) is 2.78. The maximum Gasteiger partial charge on any atom is 0.139 e. The average Bonchev–Trinajstić information content (AvgIpc) is 2.39. The summed E-state index contributed by atoms with van der Waals surface area (Å²) >= 11 is 3.52. The van der Waals surface area contributed by atoms with Crippen molar-refractivity contribution in [3.8, 4) is 0 Å². The Bertz CT molecular complexity index is 578. The molecule has 0 saturated heterocycles. The summed E-state index contributed by atoms with van der Waals surface area (Å²) in [6.45, 7) is 4.22. The Morgan fingerprint density at radius 3 is 2.55 bits per heavy atom. The molecule has 0 saturated carbocycles. The SMILES string of the molecule is CCCc1c(NC)ncnc1Nc1cc(C)cc(Br)c1. The normalized spacial score (nSPS) is 10.4. The molecule has 0 bridgehead atoms. The van der Waals surface area contributed by atoms with Gasteiger partial charge in [0, 0.05) is 22.8 Å². The van der Waals surface area contributed by atoms with Gasteiger partial charge in [0.2, 0.25) is 0 Å². The summed E-state index contributed by atoms with van der Waals surface area (Å²) in [5, 5.41) is 6.52. The number of aryl methyl sites for hydroxylation is 1. The molecule has 0 spiro atoms. The second kappa shape index (κ2) is 6.70. The Kier molecular flexibility index (Phi) is 4.95. The quantitative estimate of drug-likeness (QED) is 0.856. The van der Waals surface area contributed by atoms with Crippen molar-refractivity contribution in [2.45, 2.75) is 26.7 Å². The van der Waals surface area contributed by atoms with Gasteiger partial charge in [-0.15, -0.1) is 0 Å². The first-order valence-corrected chi connectivity index (χ1v) is 7.49. The lowest BCUT2D eigenvalue weighted by Crippen LogP contribution is -2.05. The number of anilines is 3. The molecule has 1 aromatic heterocycles. The zero-order valence-corrected chi connectivity index (χ0v) is 13.6. The predicted molar refractivity (Wildman–Crippen MR) is 87.7 cm³/mol. The van der Waals surface area contributed by atoms with E-state index in [9.17, 15) is 0 Å². The number of hydrogen-bond donors (Lipinski definition) is 2. The summed E-state index contributed by atoms with van der Waals surface area (Å²) in [4.78, 5) is 8.66. The van der Waals surface area contributed by atoms with Gasteiger partial charge < -0.3 is 10.6 Å². The summed E-state index contributed by atoms with van der Waals surface area (Å²) in [5.41, 5.74) is 3.34. The minimum Gasteiger partial charge on any atom is -0.373 e. The van der Waals surface area contributed by atoms with Crippen LogP contribution in [0.4, 0.5) is 17.3 Å². The molecule has 2 N–H and O–H groups in total. The highest BCUT2D eigenvalue weighted by Crippen LogP contribution is 2.26. The first kappa shape index (κ1) is 14.8. The van der Waals surface area contributed by atoms with Crippen LogP contribution in [0.3, 0.4) is 0 Å². The molecule has 0 amide bonds. The first-order chi connectivity index (χ1) is 9.63. The Hall–Kier alpha value is -1.62. The Morgan fingerprint density at radius 2 is 1.90 bits per heavy atom. The monoisotopic (exact) mass is 334 g/mol. The third-order valence-corrected chi connectivity index (χ3v) is 3.44. The molecule has 106 valence electrons. The molecule has 1 aromatic carbocycles. The third kappa shape index (κ3) is 3.48. The highest BCUT2D eigenvalue weighted by Gasteiger charge is 2.10. The molecule has 2 aromatic rings. The van der Waals surface area contributed by atoms with Gasteiger partial charge >= 0.3 is 0 Å². The van der Waals surface area contributed by atoms with Gasteiger partial charge in [-0.1, -0.05) is 29.3 Å². The minimum absolute atomic E-state index is 0.865. The van der Waals surface area contributed by atoms with E-state index in [0.717, 1.165) is 40.2 Å². The number of nitrogens with one attached hydrogen (secondary N) is 2. The van der Waals surface area contributed by atoms with E-state index < -0.39 is 0 Å². The largest absolute Gasteiger partial charge is 0.373 e. The van der Waals surface area contributed by atoms with Crippen LogP contribution >= 0.6 is 15.9 Å². The first-order valence-electron chi connectivity index (χ1n) is 6.70. The number of benzene rings is 1. The highest BCUT2D eigenvalue weighted by atomic mass is 79.9. The van der Waals surface area contributed by atoms with Crippen molar-refractivity contribution < 1.29 is 0 Å². The number of hydrogen-bond acceptors (Lipinski definition) is 4. The molecule has 2 rings (SSSR count). The second-order valence-electron chi connectivity index (χ2n) is 4.69. The maximum atomic E-state index is 4.38. The van der Waals surface area contributed by atoms with E-state index in [1.807, 2.05) is 13.1 Å². The van der Waals surface area contributed by atoms with Gasteiger partial charge in [0.25, 0.3) is 0 Å². The Balaban J connectivity index is 2.37. The average molecular weight is 335 g/mol. The summed E-state index contributed by atoms with van der Waals surface area (Å²) in [6, 6.07) is 6.22. The lowest BCUT2D eigenvalue weighted by atomic mass is 10.1. The summed E-state index contributed by atoms with van der Waals surface area (Å²) in [7, 11) is 1.88. The van der Waals surface area contributed by atoms with Crippen molar-refractivity contribution in [2.75, 3.05) is 17.7 Å². The van der Waals surface area contributed by atoms with E-state index >= 15 is 0 Å². The fourth-order valence-electron chi connectivity index (χ4n) is 2.17. The molecule has 0 fully saturated rings. The standard InChI is InChI=1S/C15H19BrN4/c1-4-5-13-14(17-3)18-9-19-15(13)20-12-7-10(2)6-11(16)8-12/h6-9H,4-5H2,1-3H3,(H2,17,18,19,20). The van der Waals surface area contributed by atoms with Gasteiger partial charge in [0.1, 0.15) is 18.0 Å². The van der Waals surface area contributed by atoms with E-state index in [2.05, 4.69) is 62.5 Å². The van der Waals surface area contributed by atoms with Crippen molar-refractivity contribution >= 4 is 33.3 Å². The van der Waals surface area contributed by atoms with Gasteiger partial charge in [-0.25, -0.2) is 9.97 Å². The van der Waals surface area contributed by atoms with Crippen LogP contribution in [0.15, 0.2) is 29.0 Å². The molecule has 0 aliphatic heterocycles. The predicted octanol–water partition coefficient (Wildman–Crippen LogP) is 4.29. The number of rotatable bonds is 5. The third-order valence-electron chi connectivity index (χ3n) is 2.99. The summed E-state index contributed by atoms with van der Waals surface area (Å²) < 4.78 is 1.06. The van der Waals surface area contributed by atoms with Gasteiger partial charge in [-0.05, 0) is 37.1 Å². The van der Waals surface area contributed by atoms with E-state index in [4.69, 9.17) is 0 Å².